The van der Waals surface area contributed by atoms with Crippen molar-refractivity contribution in [2.75, 3.05) is 0 Å². The number of carbonyl (C=O) groups is 1. The van der Waals surface area contributed by atoms with Crippen LogP contribution >= 0.6 is 0 Å². The third kappa shape index (κ3) is 2.44. The standard InChI is InChI=1S/C17H15FN2O/c1-2-9-20-11-12(10-19-20)17(21)15-7-8-16(18)14-6-4-3-5-13(14)15/h3-8,10-11H,2,9H2,1H3. The lowest BCUT2D eigenvalue weighted by Gasteiger charge is -2.05. The number of benzene rings is 2. The monoisotopic (exact) mass is 282 g/mol. The minimum Gasteiger partial charge on any atom is -0.288 e. The van der Waals surface area contributed by atoms with Crippen molar-refractivity contribution in [3.05, 3.63) is 65.7 Å². The minimum absolute atomic E-state index is 0.131. The second kappa shape index (κ2) is 5.48. The lowest BCUT2D eigenvalue weighted by Crippen LogP contribution is -2.02. The highest BCUT2D eigenvalue weighted by Crippen LogP contribution is 2.24. The highest BCUT2D eigenvalue weighted by Gasteiger charge is 2.15. The van der Waals surface area contributed by atoms with Crippen LogP contribution in [0.4, 0.5) is 4.39 Å². The van der Waals surface area contributed by atoms with Crippen LogP contribution in [-0.4, -0.2) is 15.6 Å². The molecule has 3 aromatic rings. The summed E-state index contributed by atoms with van der Waals surface area (Å²) in [5.74, 6) is -0.447. The number of halogens is 1. The van der Waals surface area contributed by atoms with Gasteiger partial charge in [0, 0.05) is 23.7 Å². The molecule has 0 saturated carbocycles. The van der Waals surface area contributed by atoms with E-state index < -0.39 is 0 Å². The van der Waals surface area contributed by atoms with Gasteiger partial charge in [-0.3, -0.25) is 9.48 Å². The number of aryl methyl sites for hydroxylation is 1. The first-order valence-corrected chi connectivity index (χ1v) is 6.95. The first kappa shape index (κ1) is 13.5. The number of nitrogens with zero attached hydrogens (tertiary/aromatic N) is 2. The Morgan fingerprint density at radius 2 is 1.95 bits per heavy atom. The highest BCUT2D eigenvalue weighted by atomic mass is 19.1. The molecule has 0 atom stereocenters. The topological polar surface area (TPSA) is 34.9 Å². The molecular formula is C17H15FN2O. The molecule has 0 amide bonds. The van der Waals surface area contributed by atoms with Crippen molar-refractivity contribution >= 4 is 16.6 Å². The SMILES string of the molecule is CCCn1cc(C(=O)c2ccc(F)c3ccccc23)cn1. The van der Waals surface area contributed by atoms with Crippen LogP contribution in [0.25, 0.3) is 10.8 Å². The maximum atomic E-state index is 13.8. The Morgan fingerprint density at radius 3 is 2.71 bits per heavy atom. The smallest absolute Gasteiger partial charge is 0.196 e. The average molecular weight is 282 g/mol. The van der Waals surface area contributed by atoms with E-state index in [-0.39, 0.29) is 11.6 Å². The number of fused-ring (bicyclic) bond motifs is 1. The van der Waals surface area contributed by atoms with Gasteiger partial charge >= 0.3 is 0 Å². The predicted molar refractivity (Wildman–Crippen MR) is 79.9 cm³/mol. The molecule has 0 radical (unpaired) electrons. The summed E-state index contributed by atoms with van der Waals surface area (Å²) < 4.78 is 15.6. The van der Waals surface area contributed by atoms with E-state index in [1.54, 1.807) is 41.3 Å². The third-order valence-electron chi connectivity index (χ3n) is 3.46. The molecule has 21 heavy (non-hydrogen) atoms. The molecule has 0 N–H and O–H groups in total. The molecule has 3 nitrogen and oxygen atoms in total. The van der Waals surface area contributed by atoms with Gasteiger partial charge in [0.2, 0.25) is 0 Å². The van der Waals surface area contributed by atoms with E-state index in [2.05, 4.69) is 12.0 Å². The average Bonchev–Trinajstić information content (AvgIpc) is 2.96. The van der Waals surface area contributed by atoms with Crippen LogP contribution in [0.3, 0.4) is 0 Å². The number of hydrogen-bond acceptors (Lipinski definition) is 2. The lowest BCUT2D eigenvalue weighted by molar-refractivity contribution is 0.104. The molecule has 3 rings (SSSR count). The van der Waals surface area contributed by atoms with Crippen LogP contribution in [0.2, 0.25) is 0 Å². The van der Waals surface area contributed by atoms with Gasteiger partial charge in [0.25, 0.3) is 0 Å². The molecule has 0 aliphatic heterocycles. The van der Waals surface area contributed by atoms with Gasteiger partial charge in [0.15, 0.2) is 5.78 Å². The van der Waals surface area contributed by atoms with E-state index in [1.807, 2.05) is 0 Å². The van der Waals surface area contributed by atoms with E-state index in [1.165, 1.54) is 12.1 Å². The molecule has 0 fully saturated rings. The summed E-state index contributed by atoms with van der Waals surface area (Å²) in [6.07, 6.45) is 4.26. The van der Waals surface area contributed by atoms with Crippen LogP contribution in [-0.2, 0) is 6.54 Å². The van der Waals surface area contributed by atoms with E-state index >= 15 is 0 Å². The summed E-state index contributed by atoms with van der Waals surface area (Å²) in [6.45, 7) is 2.83. The molecule has 0 unspecified atom stereocenters. The Hall–Kier alpha value is -2.49. The molecule has 0 bridgehead atoms. The fourth-order valence-corrected chi connectivity index (χ4v) is 2.45. The summed E-state index contributed by atoms with van der Waals surface area (Å²) in [5.41, 5.74) is 1.03. The summed E-state index contributed by atoms with van der Waals surface area (Å²) in [5, 5.41) is 5.26. The van der Waals surface area contributed by atoms with E-state index in [0.717, 1.165) is 13.0 Å². The number of hydrogen-bond donors (Lipinski definition) is 0. The van der Waals surface area contributed by atoms with Gasteiger partial charge in [0.1, 0.15) is 5.82 Å². The summed E-state index contributed by atoms with van der Waals surface area (Å²) >= 11 is 0. The molecular weight excluding hydrogens is 267 g/mol. The maximum absolute atomic E-state index is 13.8. The molecule has 106 valence electrons. The molecule has 1 aromatic heterocycles. The Labute approximate surface area is 122 Å². The molecule has 2 aromatic carbocycles. The van der Waals surface area contributed by atoms with Crippen molar-refractivity contribution in [1.29, 1.82) is 0 Å². The molecule has 0 aliphatic rings. The summed E-state index contributed by atoms with van der Waals surface area (Å²) in [4.78, 5) is 12.6. The zero-order valence-electron chi connectivity index (χ0n) is 11.7. The molecule has 0 aliphatic carbocycles. The predicted octanol–water partition coefficient (Wildman–Crippen LogP) is 3.82. The first-order chi connectivity index (χ1) is 10.2. The van der Waals surface area contributed by atoms with Crippen LogP contribution in [0.5, 0.6) is 0 Å². The summed E-state index contributed by atoms with van der Waals surface area (Å²) in [6, 6.07) is 9.89. The van der Waals surface area contributed by atoms with Crippen molar-refractivity contribution in [2.45, 2.75) is 19.9 Å². The number of ketones is 1. The largest absolute Gasteiger partial charge is 0.288 e. The second-order valence-corrected chi connectivity index (χ2v) is 4.96. The molecule has 1 heterocycles. The van der Waals surface area contributed by atoms with Gasteiger partial charge in [-0.15, -0.1) is 0 Å². The first-order valence-electron chi connectivity index (χ1n) is 6.95. The minimum atomic E-state index is -0.316. The van der Waals surface area contributed by atoms with Gasteiger partial charge in [-0.25, -0.2) is 4.39 Å². The van der Waals surface area contributed by atoms with Crippen molar-refractivity contribution in [2.24, 2.45) is 0 Å². The van der Waals surface area contributed by atoms with Crippen LogP contribution in [0.15, 0.2) is 48.8 Å². The van der Waals surface area contributed by atoms with E-state index in [0.29, 0.717) is 21.9 Å². The fourth-order valence-electron chi connectivity index (χ4n) is 2.45. The molecule has 4 heteroatoms. The quantitative estimate of drug-likeness (QED) is 0.682. The molecule has 0 spiro atoms. The van der Waals surface area contributed by atoms with Gasteiger partial charge < -0.3 is 0 Å². The van der Waals surface area contributed by atoms with Crippen molar-refractivity contribution in [3.8, 4) is 0 Å². The zero-order chi connectivity index (χ0) is 14.8. The highest BCUT2D eigenvalue weighted by molar-refractivity contribution is 6.16. The molecule has 0 saturated heterocycles. The van der Waals surface area contributed by atoms with Crippen molar-refractivity contribution in [1.82, 2.24) is 9.78 Å². The maximum Gasteiger partial charge on any atom is 0.196 e. The zero-order valence-corrected chi connectivity index (χ0v) is 11.7. The van der Waals surface area contributed by atoms with Crippen molar-refractivity contribution < 1.29 is 9.18 Å². The summed E-state index contributed by atoms with van der Waals surface area (Å²) in [7, 11) is 0. The van der Waals surface area contributed by atoms with E-state index in [9.17, 15) is 9.18 Å². The van der Waals surface area contributed by atoms with Crippen LogP contribution in [0.1, 0.15) is 29.3 Å². The van der Waals surface area contributed by atoms with Gasteiger partial charge in [0.05, 0.1) is 11.8 Å². The third-order valence-corrected chi connectivity index (χ3v) is 3.46. The number of rotatable bonds is 4. The Balaban J connectivity index is 2.07. The van der Waals surface area contributed by atoms with E-state index in [4.69, 9.17) is 0 Å². The van der Waals surface area contributed by atoms with Gasteiger partial charge in [-0.05, 0) is 23.9 Å². The normalized spacial score (nSPS) is 11.0. The van der Waals surface area contributed by atoms with Gasteiger partial charge in [-0.1, -0.05) is 31.2 Å². The number of carbonyl (C=O) groups excluding carboxylic acids is 1. The fraction of sp³-hybridized carbons (Fsp3) is 0.176. The van der Waals surface area contributed by atoms with Crippen molar-refractivity contribution in [3.63, 3.8) is 0 Å². The van der Waals surface area contributed by atoms with Crippen LogP contribution < -0.4 is 0 Å². The Kier molecular flexibility index (Phi) is 3.52. The second-order valence-electron chi connectivity index (χ2n) is 4.96. The van der Waals surface area contributed by atoms with Gasteiger partial charge in [-0.2, -0.15) is 5.10 Å². The van der Waals surface area contributed by atoms with Crippen LogP contribution in [0, 0.1) is 5.82 Å². The Bertz CT molecular complexity index is 807. The Morgan fingerprint density at radius 1 is 1.19 bits per heavy atom. The number of aromatic nitrogens is 2. The lowest BCUT2D eigenvalue weighted by atomic mass is 9.98.